The minimum absolute atomic E-state index is 0.0841. The van der Waals surface area contributed by atoms with E-state index in [1.54, 1.807) is 24.3 Å². The number of rotatable bonds is 9. The van der Waals surface area contributed by atoms with Crippen LogP contribution < -0.4 is 9.47 Å². The van der Waals surface area contributed by atoms with Crippen molar-refractivity contribution < 1.29 is 23.4 Å². The van der Waals surface area contributed by atoms with E-state index >= 15 is 4.39 Å². The van der Waals surface area contributed by atoms with Crippen molar-refractivity contribution in [3.8, 4) is 17.4 Å². The summed E-state index contributed by atoms with van der Waals surface area (Å²) < 4.78 is 39.5. The molecule has 2 heterocycles. The summed E-state index contributed by atoms with van der Waals surface area (Å²) in [6.07, 6.45) is 3.84. The van der Waals surface area contributed by atoms with E-state index in [0.29, 0.717) is 25.0 Å². The highest BCUT2D eigenvalue weighted by molar-refractivity contribution is 6.00. The molecule has 2 aliphatic rings. The zero-order valence-corrected chi connectivity index (χ0v) is 21.8. The summed E-state index contributed by atoms with van der Waals surface area (Å²) in [7, 11) is 0. The van der Waals surface area contributed by atoms with Crippen LogP contribution in [0.3, 0.4) is 0 Å². The summed E-state index contributed by atoms with van der Waals surface area (Å²) in [5.74, 6) is 0.721. The first kappa shape index (κ1) is 26.2. The summed E-state index contributed by atoms with van der Waals surface area (Å²) in [5, 5.41) is 10.1. The van der Waals surface area contributed by atoms with Gasteiger partial charge in [-0.3, -0.25) is 9.29 Å². The van der Waals surface area contributed by atoms with Crippen LogP contribution in [0.1, 0.15) is 54.9 Å². The van der Waals surface area contributed by atoms with Gasteiger partial charge in [-0.2, -0.15) is 9.37 Å². The van der Waals surface area contributed by atoms with Gasteiger partial charge >= 0.3 is 0 Å². The Hall–Kier alpha value is -3.45. The lowest BCUT2D eigenvalue weighted by atomic mass is 9.88. The molecular formula is C31H34F2N2O3. The second kappa shape index (κ2) is 11.9. The molecule has 5 nitrogen and oxygen atoms in total. The van der Waals surface area contributed by atoms with Crippen LogP contribution in [0.4, 0.5) is 8.78 Å². The highest BCUT2D eigenvalue weighted by Gasteiger charge is 2.25. The molecule has 1 aliphatic heterocycles. The summed E-state index contributed by atoms with van der Waals surface area (Å²) in [6.45, 7) is 4.46. The number of aryl methyl sites for hydroxylation is 1. The second-order valence-electron chi connectivity index (χ2n) is 9.87. The first-order chi connectivity index (χ1) is 18.6. The topological polar surface area (TPSA) is 54.8 Å². The third kappa shape index (κ3) is 5.83. The maximum Gasteiger partial charge on any atom is 0.223 e. The number of phenolic OH excluding ortho intramolecular Hbond substituents is 1. The van der Waals surface area contributed by atoms with Crippen LogP contribution in [0.2, 0.25) is 0 Å². The molecule has 0 bridgehead atoms. The van der Waals surface area contributed by atoms with Gasteiger partial charge in [-0.1, -0.05) is 18.2 Å². The lowest BCUT2D eigenvalue weighted by molar-refractivity contribution is 0.198. The Morgan fingerprint density at radius 1 is 1.05 bits per heavy atom. The minimum atomic E-state index is -0.552. The standard InChI is InChI=1S/C31H34F2N2O3/c1-2-37-29-14-13-28(31(33)34-29)27-6-3-5-22-19-23(36)9-12-26(22)30(27)21-7-10-24(11-8-21)38-25-15-18-35(20-25)17-4-16-32/h7-14,19,25,36H,2-6,15-18,20H2,1H3/t25-/m0/s1. The Morgan fingerprint density at radius 3 is 2.63 bits per heavy atom. The van der Waals surface area contributed by atoms with E-state index < -0.39 is 5.95 Å². The Morgan fingerprint density at radius 2 is 1.87 bits per heavy atom. The number of phenols is 1. The third-order valence-electron chi connectivity index (χ3n) is 7.26. The first-order valence-corrected chi connectivity index (χ1v) is 13.5. The molecule has 1 aromatic heterocycles. The van der Waals surface area contributed by atoms with Crippen molar-refractivity contribution in [3.05, 3.63) is 82.8 Å². The summed E-state index contributed by atoms with van der Waals surface area (Å²) in [4.78, 5) is 6.30. The molecule has 5 rings (SSSR count). The van der Waals surface area contributed by atoms with E-state index in [-0.39, 0.29) is 24.4 Å². The number of likely N-dealkylation sites (tertiary alicyclic amines) is 1. The van der Waals surface area contributed by atoms with Crippen LogP contribution in [0.5, 0.6) is 17.4 Å². The Bertz CT molecular complexity index is 1290. The van der Waals surface area contributed by atoms with Crippen LogP contribution in [0.15, 0.2) is 54.6 Å². The number of pyridine rings is 1. The molecule has 1 fully saturated rings. The molecule has 7 heteroatoms. The number of allylic oxidation sites excluding steroid dienone is 1. The molecule has 0 radical (unpaired) electrons. The quantitative estimate of drug-likeness (QED) is 0.330. The van der Waals surface area contributed by atoms with Crippen molar-refractivity contribution in [2.75, 3.05) is 32.9 Å². The van der Waals surface area contributed by atoms with Crippen molar-refractivity contribution in [1.82, 2.24) is 9.88 Å². The number of fused-ring (bicyclic) bond motifs is 1. The summed E-state index contributed by atoms with van der Waals surface area (Å²) >= 11 is 0. The van der Waals surface area contributed by atoms with Gasteiger partial charge in [0.05, 0.1) is 13.3 Å². The van der Waals surface area contributed by atoms with Crippen LogP contribution in [0, 0.1) is 5.95 Å². The lowest BCUT2D eigenvalue weighted by Crippen LogP contribution is -2.26. The number of aromatic nitrogens is 1. The SMILES string of the molecule is CCOc1ccc(C2=C(c3ccc(O[C@H]4CCN(CCCF)C4)cc3)c3ccc(O)cc3CCC2)c(F)n1. The molecule has 0 unspecified atom stereocenters. The average Bonchev–Trinajstić information content (AvgIpc) is 3.27. The van der Waals surface area contributed by atoms with Crippen LogP contribution in [0.25, 0.3) is 11.1 Å². The number of alkyl halides is 1. The van der Waals surface area contributed by atoms with Gasteiger partial charge in [0.15, 0.2) is 0 Å². The Labute approximate surface area is 222 Å². The smallest absolute Gasteiger partial charge is 0.223 e. The van der Waals surface area contributed by atoms with Crippen LogP contribution in [-0.4, -0.2) is 54.0 Å². The number of halogens is 2. The van der Waals surface area contributed by atoms with Crippen LogP contribution >= 0.6 is 0 Å². The molecule has 2 aromatic carbocycles. The number of aromatic hydroxyl groups is 1. The van der Waals surface area contributed by atoms with E-state index in [2.05, 4.69) is 9.88 Å². The lowest BCUT2D eigenvalue weighted by Gasteiger charge is -2.19. The molecule has 38 heavy (non-hydrogen) atoms. The Balaban J connectivity index is 1.49. The van der Waals surface area contributed by atoms with Gasteiger partial charge in [0.2, 0.25) is 11.8 Å². The number of nitrogens with zero attached hydrogens (tertiary/aromatic N) is 2. The van der Waals surface area contributed by atoms with Gasteiger partial charge in [-0.05, 0) is 97.2 Å². The van der Waals surface area contributed by atoms with E-state index in [1.807, 2.05) is 37.3 Å². The molecule has 0 saturated carbocycles. The summed E-state index contributed by atoms with van der Waals surface area (Å²) in [5.41, 5.74) is 5.25. The minimum Gasteiger partial charge on any atom is -0.508 e. The van der Waals surface area contributed by atoms with Gasteiger partial charge in [0, 0.05) is 31.3 Å². The largest absolute Gasteiger partial charge is 0.508 e. The van der Waals surface area contributed by atoms with Gasteiger partial charge in [0.25, 0.3) is 0 Å². The fourth-order valence-electron chi connectivity index (χ4n) is 5.52. The molecular weight excluding hydrogens is 486 g/mol. The zero-order chi connectivity index (χ0) is 26.5. The first-order valence-electron chi connectivity index (χ1n) is 13.5. The van der Waals surface area contributed by atoms with E-state index in [1.165, 1.54) is 0 Å². The average molecular weight is 521 g/mol. The molecule has 200 valence electrons. The number of hydrogen-bond donors (Lipinski definition) is 1. The maximum atomic E-state index is 15.3. The van der Waals surface area contributed by atoms with Gasteiger partial charge in [-0.25, -0.2) is 0 Å². The van der Waals surface area contributed by atoms with Crippen molar-refractivity contribution in [2.24, 2.45) is 0 Å². The monoisotopic (exact) mass is 520 g/mol. The Kier molecular flexibility index (Phi) is 8.23. The fraction of sp³-hybridized carbons (Fsp3) is 0.387. The number of ether oxygens (including phenoxy) is 2. The van der Waals surface area contributed by atoms with Gasteiger partial charge < -0.3 is 14.6 Å². The highest BCUT2D eigenvalue weighted by Crippen LogP contribution is 2.41. The highest BCUT2D eigenvalue weighted by atomic mass is 19.1. The van der Waals surface area contributed by atoms with Gasteiger partial charge in [0.1, 0.15) is 17.6 Å². The predicted molar refractivity (Wildman–Crippen MR) is 145 cm³/mol. The van der Waals surface area contributed by atoms with E-state index in [0.717, 1.165) is 72.5 Å². The number of hydrogen-bond acceptors (Lipinski definition) is 5. The second-order valence-corrected chi connectivity index (χ2v) is 9.87. The third-order valence-corrected chi connectivity index (χ3v) is 7.26. The van der Waals surface area contributed by atoms with Gasteiger partial charge in [-0.15, -0.1) is 0 Å². The molecule has 1 atom stereocenters. The normalized spacial score (nSPS) is 17.8. The molecule has 1 N–H and O–H groups in total. The van der Waals surface area contributed by atoms with E-state index in [9.17, 15) is 9.50 Å². The maximum absolute atomic E-state index is 15.3. The zero-order valence-electron chi connectivity index (χ0n) is 21.8. The predicted octanol–water partition coefficient (Wildman–Crippen LogP) is 6.43. The molecule has 1 saturated heterocycles. The van der Waals surface area contributed by atoms with Crippen molar-refractivity contribution in [3.63, 3.8) is 0 Å². The molecule has 0 spiro atoms. The summed E-state index contributed by atoms with van der Waals surface area (Å²) in [6, 6.07) is 16.8. The van der Waals surface area contributed by atoms with Crippen LogP contribution in [-0.2, 0) is 6.42 Å². The van der Waals surface area contributed by atoms with Crippen molar-refractivity contribution >= 4 is 11.1 Å². The van der Waals surface area contributed by atoms with Crippen molar-refractivity contribution in [2.45, 2.75) is 45.1 Å². The van der Waals surface area contributed by atoms with Crippen molar-refractivity contribution in [1.29, 1.82) is 0 Å². The fourth-order valence-corrected chi connectivity index (χ4v) is 5.52. The molecule has 3 aromatic rings. The number of benzene rings is 2. The van der Waals surface area contributed by atoms with E-state index in [4.69, 9.17) is 9.47 Å². The molecule has 0 amide bonds. The molecule has 1 aliphatic carbocycles.